The van der Waals surface area contributed by atoms with Crippen LogP contribution in [-0.2, 0) is 16.2 Å². The van der Waals surface area contributed by atoms with Crippen molar-refractivity contribution in [2.75, 3.05) is 6.61 Å². The molecule has 0 spiro atoms. The SMILES string of the molecule is CCOc1cc(/C=C/C(=O)N[C@H](C)C(=O)O)cc(Br)c1OCc1ccccc1Cl. The van der Waals surface area contributed by atoms with Crippen LogP contribution < -0.4 is 14.8 Å². The van der Waals surface area contributed by atoms with Crippen molar-refractivity contribution in [1.29, 1.82) is 0 Å². The monoisotopic (exact) mass is 481 g/mol. The van der Waals surface area contributed by atoms with Gasteiger partial charge in [-0.3, -0.25) is 9.59 Å². The summed E-state index contributed by atoms with van der Waals surface area (Å²) < 4.78 is 12.2. The van der Waals surface area contributed by atoms with Gasteiger partial charge in [0.1, 0.15) is 12.6 Å². The van der Waals surface area contributed by atoms with Gasteiger partial charge in [0.25, 0.3) is 0 Å². The number of carbonyl (C=O) groups is 2. The number of benzene rings is 2. The summed E-state index contributed by atoms with van der Waals surface area (Å²) in [6.45, 7) is 3.94. The minimum Gasteiger partial charge on any atom is -0.490 e. The molecule has 1 amide bonds. The molecule has 0 aliphatic carbocycles. The number of hydrogen-bond acceptors (Lipinski definition) is 4. The maximum atomic E-state index is 11.8. The van der Waals surface area contributed by atoms with E-state index in [-0.39, 0.29) is 6.61 Å². The lowest BCUT2D eigenvalue weighted by molar-refractivity contribution is -0.140. The molecule has 6 nitrogen and oxygen atoms in total. The molecule has 0 saturated carbocycles. The summed E-state index contributed by atoms with van der Waals surface area (Å²) in [7, 11) is 0. The number of hydrogen-bond donors (Lipinski definition) is 2. The van der Waals surface area contributed by atoms with Crippen LogP contribution in [0, 0.1) is 0 Å². The predicted molar refractivity (Wildman–Crippen MR) is 115 cm³/mol. The average molecular weight is 483 g/mol. The molecular formula is C21H21BrClNO5. The smallest absolute Gasteiger partial charge is 0.325 e. The van der Waals surface area contributed by atoms with E-state index in [0.717, 1.165) is 5.56 Å². The number of nitrogens with one attached hydrogen (secondary N) is 1. The fourth-order valence-corrected chi connectivity index (χ4v) is 3.11. The highest BCUT2D eigenvalue weighted by Crippen LogP contribution is 2.38. The predicted octanol–water partition coefficient (Wildman–Crippen LogP) is 4.68. The van der Waals surface area contributed by atoms with Gasteiger partial charge >= 0.3 is 5.97 Å². The molecule has 2 aromatic rings. The van der Waals surface area contributed by atoms with Crippen molar-refractivity contribution in [2.24, 2.45) is 0 Å². The molecule has 1 atom stereocenters. The second kappa shape index (κ2) is 10.9. The molecule has 0 radical (unpaired) electrons. The van der Waals surface area contributed by atoms with Gasteiger partial charge in [0.2, 0.25) is 5.91 Å². The molecule has 154 valence electrons. The highest BCUT2D eigenvalue weighted by Gasteiger charge is 2.14. The third-order valence-electron chi connectivity index (χ3n) is 3.82. The Bertz CT molecular complexity index is 916. The summed E-state index contributed by atoms with van der Waals surface area (Å²) in [5.74, 6) is -0.582. The summed E-state index contributed by atoms with van der Waals surface area (Å²) in [4.78, 5) is 22.7. The minimum absolute atomic E-state index is 0.267. The topological polar surface area (TPSA) is 84.9 Å². The summed E-state index contributed by atoms with van der Waals surface area (Å²) in [6.07, 6.45) is 2.83. The quantitative estimate of drug-likeness (QED) is 0.507. The second-order valence-electron chi connectivity index (χ2n) is 6.04. The molecule has 2 aromatic carbocycles. The zero-order valence-corrected chi connectivity index (χ0v) is 18.3. The molecular weight excluding hydrogens is 462 g/mol. The van der Waals surface area contributed by atoms with E-state index in [1.807, 2.05) is 25.1 Å². The van der Waals surface area contributed by atoms with Gasteiger partial charge in [-0.15, -0.1) is 0 Å². The molecule has 0 aliphatic rings. The first-order valence-corrected chi connectivity index (χ1v) is 10.0. The lowest BCUT2D eigenvalue weighted by Crippen LogP contribution is -2.37. The van der Waals surface area contributed by atoms with E-state index in [0.29, 0.717) is 33.2 Å². The Morgan fingerprint density at radius 1 is 1.28 bits per heavy atom. The van der Waals surface area contributed by atoms with Gasteiger partial charge in [0.15, 0.2) is 11.5 Å². The number of amides is 1. The van der Waals surface area contributed by atoms with E-state index in [9.17, 15) is 9.59 Å². The molecule has 29 heavy (non-hydrogen) atoms. The Morgan fingerprint density at radius 2 is 2.00 bits per heavy atom. The van der Waals surface area contributed by atoms with Crippen LogP contribution in [0.15, 0.2) is 46.9 Å². The summed E-state index contributed by atoms with van der Waals surface area (Å²) >= 11 is 9.65. The van der Waals surface area contributed by atoms with Crippen molar-refractivity contribution < 1.29 is 24.2 Å². The third-order valence-corrected chi connectivity index (χ3v) is 4.78. The molecule has 2 rings (SSSR count). The van der Waals surface area contributed by atoms with Crippen LogP contribution in [0.1, 0.15) is 25.0 Å². The molecule has 0 aromatic heterocycles. The maximum absolute atomic E-state index is 11.8. The molecule has 2 N–H and O–H groups in total. The molecule has 0 unspecified atom stereocenters. The van der Waals surface area contributed by atoms with Crippen molar-refractivity contribution >= 4 is 45.5 Å². The van der Waals surface area contributed by atoms with Crippen molar-refractivity contribution in [3.05, 3.63) is 63.1 Å². The van der Waals surface area contributed by atoms with E-state index < -0.39 is 17.9 Å². The van der Waals surface area contributed by atoms with Crippen LogP contribution in [0.3, 0.4) is 0 Å². The van der Waals surface area contributed by atoms with Crippen LogP contribution >= 0.6 is 27.5 Å². The van der Waals surface area contributed by atoms with Gasteiger partial charge in [-0.1, -0.05) is 29.8 Å². The normalized spacial score (nSPS) is 11.9. The summed E-state index contributed by atoms with van der Waals surface area (Å²) in [5, 5.41) is 11.8. The van der Waals surface area contributed by atoms with Crippen molar-refractivity contribution in [3.63, 3.8) is 0 Å². The van der Waals surface area contributed by atoms with Gasteiger partial charge < -0.3 is 19.9 Å². The first kappa shape index (κ1) is 22.8. The summed E-state index contributed by atoms with van der Waals surface area (Å²) in [5.41, 5.74) is 1.53. The van der Waals surface area contributed by atoms with Crippen LogP contribution in [0.5, 0.6) is 11.5 Å². The Balaban J connectivity index is 2.18. The zero-order chi connectivity index (χ0) is 21.4. The zero-order valence-electron chi connectivity index (χ0n) is 15.9. The van der Waals surface area contributed by atoms with Gasteiger partial charge in [0, 0.05) is 16.7 Å². The lowest BCUT2D eigenvalue weighted by Gasteiger charge is -2.15. The Kier molecular flexibility index (Phi) is 8.54. The molecule has 0 heterocycles. The van der Waals surface area contributed by atoms with E-state index in [2.05, 4.69) is 21.2 Å². The van der Waals surface area contributed by atoms with Crippen molar-refractivity contribution in [2.45, 2.75) is 26.5 Å². The number of carbonyl (C=O) groups excluding carboxylic acids is 1. The van der Waals surface area contributed by atoms with E-state index in [1.54, 1.807) is 24.3 Å². The highest BCUT2D eigenvalue weighted by molar-refractivity contribution is 9.10. The number of aliphatic carboxylic acids is 1. The fraction of sp³-hybridized carbons (Fsp3) is 0.238. The van der Waals surface area contributed by atoms with Crippen molar-refractivity contribution in [3.8, 4) is 11.5 Å². The van der Waals surface area contributed by atoms with Gasteiger partial charge in [0.05, 0.1) is 11.1 Å². The Labute approximate surface area is 182 Å². The second-order valence-corrected chi connectivity index (χ2v) is 7.31. The number of carboxylic acids is 1. The Morgan fingerprint density at radius 3 is 2.66 bits per heavy atom. The third kappa shape index (κ3) is 6.80. The first-order valence-electron chi connectivity index (χ1n) is 8.85. The molecule has 8 heteroatoms. The molecule has 0 bridgehead atoms. The summed E-state index contributed by atoms with van der Waals surface area (Å²) in [6, 6.07) is 9.94. The van der Waals surface area contributed by atoms with Crippen LogP contribution in [0.2, 0.25) is 5.02 Å². The fourth-order valence-electron chi connectivity index (χ4n) is 2.35. The van der Waals surface area contributed by atoms with E-state index in [1.165, 1.54) is 13.0 Å². The van der Waals surface area contributed by atoms with Gasteiger partial charge in [-0.05, 0) is 59.6 Å². The number of rotatable bonds is 9. The maximum Gasteiger partial charge on any atom is 0.325 e. The standard InChI is InChI=1S/C21H21BrClNO5/c1-3-28-18-11-14(8-9-19(25)24-13(2)21(26)27)10-16(22)20(18)29-12-15-6-4-5-7-17(15)23/h4-11,13H,3,12H2,1-2H3,(H,24,25)(H,26,27)/b9-8+/t13-/m1/s1. The van der Waals surface area contributed by atoms with Gasteiger partial charge in [-0.25, -0.2) is 0 Å². The molecule has 0 aliphatic heterocycles. The van der Waals surface area contributed by atoms with E-state index >= 15 is 0 Å². The minimum atomic E-state index is -1.10. The highest BCUT2D eigenvalue weighted by atomic mass is 79.9. The van der Waals surface area contributed by atoms with Crippen LogP contribution in [0.25, 0.3) is 6.08 Å². The first-order chi connectivity index (χ1) is 13.8. The van der Waals surface area contributed by atoms with Crippen LogP contribution in [0.4, 0.5) is 0 Å². The van der Waals surface area contributed by atoms with E-state index in [4.69, 9.17) is 26.2 Å². The largest absolute Gasteiger partial charge is 0.490 e. The number of ether oxygens (including phenoxy) is 2. The average Bonchev–Trinajstić information content (AvgIpc) is 2.67. The number of halogens is 2. The molecule has 0 fully saturated rings. The van der Waals surface area contributed by atoms with Crippen LogP contribution in [-0.4, -0.2) is 29.6 Å². The van der Waals surface area contributed by atoms with Crippen molar-refractivity contribution in [1.82, 2.24) is 5.32 Å². The lowest BCUT2D eigenvalue weighted by atomic mass is 10.1. The molecule has 0 saturated heterocycles. The van der Waals surface area contributed by atoms with Gasteiger partial charge in [-0.2, -0.15) is 0 Å². The number of carboxylic acid groups (broad SMARTS) is 1. The Hall–Kier alpha value is -2.51.